The van der Waals surface area contributed by atoms with Gasteiger partial charge in [-0.25, -0.2) is 0 Å². The molecule has 0 N–H and O–H groups in total. The van der Waals surface area contributed by atoms with Crippen LogP contribution in [0.15, 0.2) is 39.7 Å². The average molecular weight is 109 g/mol. The van der Waals surface area contributed by atoms with Gasteiger partial charge in [0.15, 0.2) is 0 Å². The van der Waals surface area contributed by atoms with Crippen molar-refractivity contribution in [2.75, 3.05) is 0 Å². The third-order valence-corrected chi connectivity index (χ3v) is 0.617. The Labute approximate surface area is 47.0 Å². The van der Waals surface area contributed by atoms with Crippen LogP contribution in [-0.2, 0) is 0 Å². The molecule has 1 radical (unpaired) electrons. The molecule has 0 aromatic carbocycles. The van der Waals surface area contributed by atoms with Crippen molar-refractivity contribution in [2.24, 2.45) is 0 Å². The summed E-state index contributed by atoms with van der Waals surface area (Å²) in [6.07, 6.45) is 3.83. The van der Waals surface area contributed by atoms with Gasteiger partial charge < -0.3 is 0 Å². The molecule has 0 aliphatic heterocycles. The first-order valence-corrected chi connectivity index (χ1v) is 2.23. The molecule has 1 rings (SSSR count). The van der Waals surface area contributed by atoms with E-state index in [1.165, 1.54) is 6.26 Å². The standard InChI is InChI=1S/C6H5O2/c1-2-4-6-8-7-5-3-1/h1-5H. The van der Waals surface area contributed by atoms with Crippen LogP contribution in [0.1, 0.15) is 0 Å². The molecule has 1 heterocycles. The van der Waals surface area contributed by atoms with Gasteiger partial charge in [0.2, 0.25) is 6.26 Å². The molecule has 2 nitrogen and oxygen atoms in total. The van der Waals surface area contributed by atoms with Crippen molar-refractivity contribution < 1.29 is 9.15 Å². The minimum absolute atomic E-state index is 1.43. The Balaban J connectivity index is 3.00. The van der Waals surface area contributed by atoms with Crippen LogP contribution in [0.2, 0.25) is 0 Å². The van der Waals surface area contributed by atoms with Gasteiger partial charge in [-0.05, 0) is 12.1 Å². The second-order valence-corrected chi connectivity index (χ2v) is 1.18. The zero-order valence-electron chi connectivity index (χ0n) is 4.20. The molecule has 0 saturated heterocycles. The smallest absolute Gasteiger partial charge is 0.225 e. The lowest BCUT2D eigenvalue weighted by molar-refractivity contribution is 0.0441. The largest absolute Gasteiger partial charge is 0.298 e. The molecule has 1 aromatic heterocycles. The Morgan fingerprint density at radius 3 is 3.12 bits per heavy atom. The highest BCUT2D eigenvalue weighted by Crippen LogP contribution is 1.79. The van der Waals surface area contributed by atoms with Crippen LogP contribution in [0.3, 0.4) is 0 Å². The topological polar surface area (TPSA) is 26.3 Å². The van der Waals surface area contributed by atoms with Crippen molar-refractivity contribution in [3.63, 3.8) is 0 Å². The van der Waals surface area contributed by atoms with Crippen LogP contribution in [-0.4, -0.2) is 0 Å². The Bertz CT molecular complexity index is 111. The zero-order valence-corrected chi connectivity index (χ0v) is 4.20. The molecular weight excluding hydrogens is 104 g/mol. The summed E-state index contributed by atoms with van der Waals surface area (Å²) in [4.78, 5) is 0. The Morgan fingerprint density at radius 2 is 2.12 bits per heavy atom. The molecule has 0 bridgehead atoms. The van der Waals surface area contributed by atoms with Gasteiger partial charge in [-0.2, -0.15) is 0 Å². The lowest BCUT2D eigenvalue weighted by atomic mass is 10.5. The minimum Gasteiger partial charge on any atom is -0.298 e. The van der Waals surface area contributed by atoms with Crippen molar-refractivity contribution in [1.29, 1.82) is 0 Å². The van der Waals surface area contributed by atoms with Gasteiger partial charge in [0.1, 0.15) is 6.26 Å². The van der Waals surface area contributed by atoms with Crippen LogP contribution in [0.4, 0.5) is 0 Å². The maximum atomic E-state index is 4.40. The van der Waals surface area contributed by atoms with Crippen LogP contribution in [0.25, 0.3) is 0 Å². The van der Waals surface area contributed by atoms with Crippen molar-refractivity contribution in [3.05, 3.63) is 36.8 Å². The van der Waals surface area contributed by atoms with E-state index in [2.05, 4.69) is 15.4 Å². The van der Waals surface area contributed by atoms with Gasteiger partial charge in [0, 0.05) is 0 Å². The molecule has 41 valence electrons. The second kappa shape index (κ2) is 2.91. The molecule has 0 aliphatic rings. The maximum absolute atomic E-state index is 4.40. The average Bonchev–Trinajstić information content (AvgIpc) is 1.62. The van der Waals surface area contributed by atoms with E-state index in [4.69, 9.17) is 0 Å². The molecule has 8 heavy (non-hydrogen) atoms. The fourth-order valence-electron chi connectivity index (χ4n) is 0.320. The lowest BCUT2D eigenvalue weighted by Crippen LogP contribution is -1.48. The quantitative estimate of drug-likeness (QED) is 0.475. The van der Waals surface area contributed by atoms with Crippen LogP contribution in [0.5, 0.6) is 0 Å². The van der Waals surface area contributed by atoms with Gasteiger partial charge in [0.05, 0.1) is 0 Å². The Morgan fingerprint density at radius 1 is 1.12 bits per heavy atom. The Kier molecular flexibility index (Phi) is 1.80. The van der Waals surface area contributed by atoms with Crippen molar-refractivity contribution in [1.82, 2.24) is 0 Å². The van der Waals surface area contributed by atoms with Gasteiger partial charge >= 0.3 is 0 Å². The summed E-state index contributed by atoms with van der Waals surface area (Å²) in [5.74, 6) is 0. The first-order valence-electron chi connectivity index (χ1n) is 2.23. The summed E-state index contributed by atoms with van der Waals surface area (Å²) in [6, 6.07) is 6.94. The number of hydrogen-bond donors (Lipinski definition) is 0. The highest BCUT2D eigenvalue weighted by Gasteiger charge is 1.61. The monoisotopic (exact) mass is 109 g/mol. The Hall–Kier alpha value is -1.18. The molecule has 0 saturated carbocycles. The van der Waals surface area contributed by atoms with Gasteiger partial charge in [-0.1, -0.05) is 12.1 Å². The molecule has 0 aliphatic carbocycles. The molecule has 0 atom stereocenters. The van der Waals surface area contributed by atoms with Gasteiger partial charge in [0.25, 0.3) is 0 Å². The van der Waals surface area contributed by atoms with Crippen molar-refractivity contribution in [3.8, 4) is 0 Å². The predicted octanol–water partition coefficient (Wildman–Crippen LogP) is 1.80. The number of hydrogen-bond acceptors (Lipinski definition) is 2. The zero-order chi connectivity index (χ0) is 5.66. The highest BCUT2D eigenvalue weighted by atomic mass is 17.0. The normalized spacial score (nSPS) is 8.00. The van der Waals surface area contributed by atoms with E-state index in [-0.39, 0.29) is 0 Å². The third kappa shape index (κ3) is 1.51. The molecule has 0 fully saturated rings. The number of rotatable bonds is 0. The van der Waals surface area contributed by atoms with E-state index in [0.717, 1.165) is 0 Å². The van der Waals surface area contributed by atoms with Gasteiger partial charge in [-0.3, -0.25) is 9.15 Å². The van der Waals surface area contributed by atoms with Crippen molar-refractivity contribution in [2.45, 2.75) is 0 Å². The van der Waals surface area contributed by atoms with Gasteiger partial charge in [-0.15, -0.1) is 0 Å². The van der Waals surface area contributed by atoms with E-state index in [0.29, 0.717) is 0 Å². The van der Waals surface area contributed by atoms with E-state index in [1.807, 2.05) is 6.07 Å². The van der Waals surface area contributed by atoms with E-state index < -0.39 is 0 Å². The van der Waals surface area contributed by atoms with E-state index in [9.17, 15) is 0 Å². The molecule has 0 amide bonds. The summed E-state index contributed by atoms with van der Waals surface area (Å²) in [7, 11) is 0. The molecule has 2 heteroatoms. The first kappa shape index (κ1) is 4.97. The highest BCUT2D eigenvalue weighted by molar-refractivity contribution is 4.85. The summed E-state index contributed by atoms with van der Waals surface area (Å²) < 4.78 is 8.73. The van der Waals surface area contributed by atoms with Crippen molar-refractivity contribution >= 4 is 0 Å². The fourth-order valence-corrected chi connectivity index (χ4v) is 0.320. The molecule has 1 aromatic rings. The molecule has 0 unspecified atom stereocenters. The first-order chi connectivity index (χ1) is 4.00. The second-order valence-electron chi connectivity index (χ2n) is 1.18. The minimum atomic E-state index is 1.43. The van der Waals surface area contributed by atoms with E-state index in [1.54, 1.807) is 18.2 Å². The summed E-state index contributed by atoms with van der Waals surface area (Å²) in [5, 5.41) is 0. The molecule has 0 spiro atoms. The predicted molar refractivity (Wildman–Crippen MR) is 27.4 cm³/mol. The van der Waals surface area contributed by atoms with Crippen LogP contribution < -0.4 is 0 Å². The third-order valence-electron chi connectivity index (χ3n) is 0.617. The lowest BCUT2D eigenvalue weighted by Gasteiger charge is -1.70. The summed E-state index contributed by atoms with van der Waals surface area (Å²) in [5.41, 5.74) is 0. The maximum Gasteiger partial charge on any atom is 0.225 e. The fraction of sp³-hybridized carbons (Fsp3) is 0. The summed E-state index contributed by atoms with van der Waals surface area (Å²) in [6.45, 7) is 0. The molecular formula is C6H5O2. The van der Waals surface area contributed by atoms with Crippen LogP contribution >= 0.6 is 0 Å². The SMILES string of the molecule is [c]1cccccoo1. The van der Waals surface area contributed by atoms with E-state index >= 15 is 0 Å². The van der Waals surface area contributed by atoms with Crippen LogP contribution in [0, 0.1) is 6.26 Å². The summed E-state index contributed by atoms with van der Waals surface area (Å²) >= 11 is 0.